The fourth-order valence-corrected chi connectivity index (χ4v) is 4.70. The van der Waals surface area contributed by atoms with E-state index in [2.05, 4.69) is 15.6 Å². The SMILES string of the molecule is Cc1nc(C)c(CC(=O)N2CCC[C@@H]2c2nc3ccccc3n2C)s1. The van der Waals surface area contributed by atoms with Gasteiger partial charge in [0.15, 0.2) is 0 Å². The standard InChI is InChI=1S/C19H22N4OS/c1-12-17(25-13(2)20-12)11-18(24)23-10-6-9-16(23)19-21-14-7-4-5-8-15(14)22(19)3/h4-5,7-8,16H,6,9-11H2,1-3H3/t16-/m1/s1. The van der Waals surface area contributed by atoms with Crippen molar-refractivity contribution in [3.63, 3.8) is 0 Å². The van der Waals surface area contributed by atoms with E-state index in [4.69, 9.17) is 4.98 Å². The van der Waals surface area contributed by atoms with Gasteiger partial charge in [0, 0.05) is 18.5 Å². The molecule has 130 valence electrons. The molecule has 0 radical (unpaired) electrons. The molecule has 1 aromatic carbocycles. The molecule has 0 aliphatic carbocycles. The smallest absolute Gasteiger partial charge is 0.228 e. The molecule has 0 unspecified atom stereocenters. The van der Waals surface area contributed by atoms with E-state index in [1.807, 2.05) is 44.0 Å². The maximum atomic E-state index is 13.0. The van der Waals surface area contributed by atoms with Crippen LogP contribution in [-0.2, 0) is 18.3 Å². The third-order valence-corrected chi connectivity index (χ3v) is 6.08. The predicted octanol–water partition coefficient (Wildman–Crippen LogP) is 3.55. The van der Waals surface area contributed by atoms with Crippen LogP contribution in [0.3, 0.4) is 0 Å². The highest BCUT2D eigenvalue weighted by Gasteiger charge is 2.33. The van der Waals surface area contributed by atoms with Crippen LogP contribution in [0.15, 0.2) is 24.3 Å². The van der Waals surface area contributed by atoms with E-state index in [1.165, 1.54) is 0 Å². The van der Waals surface area contributed by atoms with Crippen LogP contribution in [0.25, 0.3) is 11.0 Å². The number of benzene rings is 1. The molecule has 0 spiro atoms. The molecular formula is C19H22N4OS. The van der Waals surface area contributed by atoms with Crippen molar-refractivity contribution in [1.29, 1.82) is 0 Å². The van der Waals surface area contributed by atoms with E-state index < -0.39 is 0 Å². The second-order valence-electron chi connectivity index (χ2n) is 6.68. The zero-order valence-electron chi connectivity index (χ0n) is 14.8. The van der Waals surface area contributed by atoms with Crippen LogP contribution in [0, 0.1) is 13.8 Å². The number of likely N-dealkylation sites (tertiary alicyclic amines) is 1. The summed E-state index contributed by atoms with van der Waals surface area (Å²) >= 11 is 1.63. The third-order valence-electron chi connectivity index (χ3n) is 5.00. The summed E-state index contributed by atoms with van der Waals surface area (Å²) in [5.41, 5.74) is 3.09. The van der Waals surface area contributed by atoms with Crippen LogP contribution in [0.4, 0.5) is 0 Å². The monoisotopic (exact) mass is 354 g/mol. The number of amides is 1. The van der Waals surface area contributed by atoms with Crippen molar-refractivity contribution in [2.45, 2.75) is 39.2 Å². The van der Waals surface area contributed by atoms with Crippen LogP contribution in [0.2, 0.25) is 0 Å². The number of fused-ring (bicyclic) bond motifs is 1. The highest BCUT2D eigenvalue weighted by atomic mass is 32.1. The summed E-state index contributed by atoms with van der Waals surface area (Å²) in [5, 5.41) is 1.02. The first-order valence-corrected chi connectivity index (χ1v) is 9.50. The van der Waals surface area contributed by atoms with E-state index in [1.54, 1.807) is 11.3 Å². The van der Waals surface area contributed by atoms with E-state index in [9.17, 15) is 4.79 Å². The average molecular weight is 354 g/mol. The van der Waals surface area contributed by atoms with Crippen molar-refractivity contribution >= 4 is 28.3 Å². The lowest BCUT2D eigenvalue weighted by atomic mass is 10.2. The van der Waals surface area contributed by atoms with Crippen LogP contribution >= 0.6 is 11.3 Å². The van der Waals surface area contributed by atoms with Gasteiger partial charge < -0.3 is 9.47 Å². The Morgan fingerprint density at radius 1 is 1.28 bits per heavy atom. The molecule has 3 heterocycles. The number of hydrogen-bond acceptors (Lipinski definition) is 4. The van der Waals surface area contributed by atoms with Gasteiger partial charge in [-0.05, 0) is 38.8 Å². The number of rotatable bonds is 3. The van der Waals surface area contributed by atoms with Crippen LogP contribution < -0.4 is 0 Å². The molecule has 1 aliphatic heterocycles. The second kappa shape index (κ2) is 6.26. The summed E-state index contributed by atoms with van der Waals surface area (Å²) < 4.78 is 2.13. The minimum Gasteiger partial charge on any atom is -0.332 e. The number of thiazole rings is 1. The Kier molecular flexibility index (Phi) is 4.07. The Balaban J connectivity index is 1.62. The molecule has 1 atom stereocenters. The fraction of sp³-hybridized carbons (Fsp3) is 0.421. The molecule has 0 N–H and O–H groups in total. The number of carbonyl (C=O) groups is 1. The number of imidazole rings is 1. The van der Waals surface area contributed by atoms with Crippen LogP contribution in [-0.4, -0.2) is 31.9 Å². The molecule has 1 fully saturated rings. The lowest BCUT2D eigenvalue weighted by Crippen LogP contribution is -2.33. The minimum atomic E-state index is 0.0687. The quantitative estimate of drug-likeness (QED) is 0.723. The van der Waals surface area contributed by atoms with Gasteiger partial charge in [0.1, 0.15) is 5.82 Å². The first-order valence-electron chi connectivity index (χ1n) is 8.68. The van der Waals surface area contributed by atoms with Crippen molar-refractivity contribution in [3.8, 4) is 0 Å². The van der Waals surface area contributed by atoms with E-state index in [0.29, 0.717) is 6.42 Å². The van der Waals surface area contributed by atoms with Gasteiger partial charge in [0.25, 0.3) is 0 Å². The van der Waals surface area contributed by atoms with Gasteiger partial charge >= 0.3 is 0 Å². The maximum absolute atomic E-state index is 13.0. The van der Waals surface area contributed by atoms with Gasteiger partial charge in [-0.3, -0.25) is 4.79 Å². The molecule has 25 heavy (non-hydrogen) atoms. The van der Waals surface area contributed by atoms with Gasteiger partial charge in [-0.2, -0.15) is 0 Å². The van der Waals surface area contributed by atoms with E-state index in [-0.39, 0.29) is 11.9 Å². The molecule has 4 rings (SSSR count). The molecule has 1 saturated heterocycles. The largest absolute Gasteiger partial charge is 0.332 e. The molecule has 1 amide bonds. The van der Waals surface area contributed by atoms with Crippen molar-refractivity contribution in [3.05, 3.63) is 45.7 Å². The van der Waals surface area contributed by atoms with Crippen molar-refractivity contribution in [1.82, 2.24) is 19.4 Å². The van der Waals surface area contributed by atoms with Gasteiger partial charge in [0.2, 0.25) is 5.91 Å². The van der Waals surface area contributed by atoms with Gasteiger partial charge in [-0.1, -0.05) is 12.1 Å². The number of aromatic nitrogens is 3. The van der Waals surface area contributed by atoms with Gasteiger partial charge in [-0.15, -0.1) is 11.3 Å². The van der Waals surface area contributed by atoms with Crippen LogP contribution in [0.1, 0.15) is 40.3 Å². The Morgan fingerprint density at radius 2 is 2.08 bits per heavy atom. The molecule has 5 nitrogen and oxygen atoms in total. The van der Waals surface area contributed by atoms with Crippen molar-refractivity contribution in [2.24, 2.45) is 7.05 Å². The van der Waals surface area contributed by atoms with Crippen molar-refractivity contribution < 1.29 is 4.79 Å². The van der Waals surface area contributed by atoms with Crippen molar-refractivity contribution in [2.75, 3.05) is 6.54 Å². The zero-order chi connectivity index (χ0) is 17.6. The topological polar surface area (TPSA) is 51.0 Å². The number of aryl methyl sites for hydroxylation is 3. The number of para-hydroxylation sites is 2. The normalized spacial score (nSPS) is 17.6. The Morgan fingerprint density at radius 3 is 2.80 bits per heavy atom. The average Bonchev–Trinajstić information content (AvgIpc) is 3.26. The Labute approximate surface area is 151 Å². The maximum Gasteiger partial charge on any atom is 0.228 e. The molecule has 3 aromatic rings. The summed E-state index contributed by atoms with van der Waals surface area (Å²) in [6.45, 7) is 4.78. The highest BCUT2D eigenvalue weighted by Crippen LogP contribution is 2.33. The lowest BCUT2D eigenvalue weighted by Gasteiger charge is -2.24. The molecule has 0 bridgehead atoms. The molecule has 2 aromatic heterocycles. The fourth-order valence-electron chi connectivity index (χ4n) is 3.77. The minimum absolute atomic E-state index is 0.0687. The highest BCUT2D eigenvalue weighted by molar-refractivity contribution is 7.11. The van der Waals surface area contributed by atoms with E-state index >= 15 is 0 Å². The van der Waals surface area contributed by atoms with Gasteiger partial charge in [-0.25, -0.2) is 9.97 Å². The lowest BCUT2D eigenvalue weighted by molar-refractivity contribution is -0.131. The summed E-state index contributed by atoms with van der Waals surface area (Å²) in [5.74, 6) is 1.17. The second-order valence-corrected chi connectivity index (χ2v) is 7.97. The summed E-state index contributed by atoms with van der Waals surface area (Å²) in [7, 11) is 2.04. The first-order chi connectivity index (χ1) is 12.0. The predicted molar refractivity (Wildman–Crippen MR) is 99.7 cm³/mol. The third kappa shape index (κ3) is 2.84. The number of hydrogen-bond donors (Lipinski definition) is 0. The Hall–Kier alpha value is -2.21. The molecule has 1 aliphatic rings. The summed E-state index contributed by atoms with van der Waals surface area (Å²) in [6.07, 6.45) is 2.45. The molecule has 0 saturated carbocycles. The molecular weight excluding hydrogens is 332 g/mol. The van der Waals surface area contributed by atoms with Gasteiger partial charge in [0.05, 0.1) is 34.2 Å². The summed E-state index contributed by atoms with van der Waals surface area (Å²) in [6, 6.07) is 8.21. The summed E-state index contributed by atoms with van der Waals surface area (Å²) in [4.78, 5) is 25.3. The first kappa shape index (κ1) is 16.3. The van der Waals surface area contributed by atoms with E-state index in [0.717, 1.165) is 51.8 Å². The number of carbonyl (C=O) groups excluding carboxylic acids is 1. The van der Waals surface area contributed by atoms with Crippen LogP contribution in [0.5, 0.6) is 0 Å². The zero-order valence-corrected chi connectivity index (χ0v) is 15.6. The molecule has 6 heteroatoms. The Bertz CT molecular complexity index is 942. The number of nitrogens with zero attached hydrogens (tertiary/aromatic N) is 4.